The summed E-state index contributed by atoms with van der Waals surface area (Å²) in [5.74, 6) is 0. The third-order valence-electron chi connectivity index (χ3n) is 4.50. The lowest BCUT2D eigenvalue weighted by Crippen LogP contribution is -2.45. The number of benzene rings is 2. The third-order valence-corrected chi connectivity index (χ3v) is 6.21. The topological polar surface area (TPSA) is 68.6 Å². The van der Waals surface area contributed by atoms with Gasteiger partial charge in [-0.3, -0.25) is 4.90 Å². The summed E-state index contributed by atoms with van der Waals surface area (Å²) in [7, 11) is -2.44. The zero-order valence-electron chi connectivity index (χ0n) is 16.6. The maximum Gasteiger partial charge on any atom is 0.414 e. The van der Waals surface area contributed by atoms with Gasteiger partial charge in [0.2, 0.25) is 0 Å². The van der Waals surface area contributed by atoms with Crippen molar-refractivity contribution < 1.29 is 17.9 Å². The summed E-state index contributed by atoms with van der Waals surface area (Å²) >= 11 is 0. The van der Waals surface area contributed by atoms with Crippen molar-refractivity contribution >= 4 is 32.7 Å². The Morgan fingerprint density at radius 1 is 1.04 bits per heavy atom. The van der Waals surface area contributed by atoms with Crippen molar-refractivity contribution in [1.29, 1.82) is 0 Å². The fraction of sp³-hybridized carbons (Fsp3) is 0.286. The molecule has 1 heterocycles. The molecule has 6 nitrogen and oxygen atoms in total. The SMILES string of the molecule is COC(=O)N(c1ccc2ccn(S(=O)(=O)c3ccc(C)cc3)c2c1)C(C)(C)C. The van der Waals surface area contributed by atoms with Gasteiger partial charge in [0.15, 0.2) is 0 Å². The standard InChI is InChI=1S/C21H24N2O4S/c1-15-6-10-18(11-7-15)28(25,26)22-13-12-16-8-9-17(14-19(16)22)23(20(24)27-5)21(2,3)4/h6-14H,1-5H3. The smallest absolute Gasteiger partial charge is 0.414 e. The van der Waals surface area contributed by atoms with Crippen molar-refractivity contribution in [3.8, 4) is 0 Å². The van der Waals surface area contributed by atoms with E-state index in [-0.39, 0.29) is 4.90 Å². The summed E-state index contributed by atoms with van der Waals surface area (Å²) in [6.45, 7) is 7.56. The van der Waals surface area contributed by atoms with Crippen molar-refractivity contribution in [2.75, 3.05) is 12.0 Å². The lowest BCUT2D eigenvalue weighted by Gasteiger charge is -2.34. The highest BCUT2D eigenvalue weighted by Crippen LogP contribution is 2.30. The van der Waals surface area contributed by atoms with E-state index in [1.807, 2.05) is 27.7 Å². The number of carbonyl (C=O) groups is 1. The van der Waals surface area contributed by atoms with E-state index in [2.05, 4.69) is 0 Å². The first kappa shape index (κ1) is 19.9. The van der Waals surface area contributed by atoms with Gasteiger partial charge in [0.25, 0.3) is 10.0 Å². The van der Waals surface area contributed by atoms with Crippen LogP contribution < -0.4 is 4.90 Å². The molecule has 0 bridgehead atoms. The van der Waals surface area contributed by atoms with Gasteiger partial charge in [-0.1, -0.05) is 23.8 Å². The molecule has 148 valence electrons. The second-order valence-corrected chi connectivity index (χ2v) is 9.46. The molecule has 0 spiro atoms. The molecule has 7 heteroatoms. The van der Waals surface area contributed by atoms with Crippen LogP contribution in [0.5, 0.6) is 0 Å². The van der Waals surface area contributed by atoms with Crippen LogP contribution in [0.3, 0.4) is 0 Å². The maximum absolute atomic E-state index is 13.1. The van der Waals surface area contributed by atoms with Crippen LogP contribution in [0.15, 0.2) is 59.6 Å². The maximum atomic E-state index is 13.1. The third kappa shape index (κ3) is 3.49. The van der Waals surface area contributed by atoms with Crippen molar-refractivity contribution in [1.82, 2.24) is 3.97 Å². The van der Waals surface area contributed by atoms with Crippen LogP contribution >= 0.6 is 0 Å². The second-order valence-electron chi connectivity index (χ2n) is 7.65. The molecule has 0 atom stereocenters. The van der Waals surface area contributed by atoms with E-state index in [9.17, 15) is 13.2 Å². The first-order valence-corrected chi connectivity index (χ1v) is 10.3. The molecular weight excluding hydrogens is 376 g/mol. The number of anilines is 1. The van der Waals surface area contributed by atoms with E-state index in [0.29, 0.717) is 11.2 Å². The molecule has 1 amide bonds. The summed E-state index contributed by atoms with van der Waals surface area (Å²) < 4.78 is 32.5. The largest absolute Gasteiger partial charge is 0.452 e. The summed E-state index contributed by atoms with van der Waals surface area (Å²) in [5.41, 5.74) is 1.49. The predicted molar refractivity (Wildman–Crippen MR) is 110 cm³/mol. The molecule has 2 aromatic carbocycles. The summed E-state index contributed by atoms with van der Waals surface area (Å²) in [4.78, 5) is 14.1. The number of aromatic nitrogens is 1. The molecule has 1 aromatic heterocycles. The van der Waals surface area contributed by atoms with Gasteiger partial charge in [0, 0.05) is 22.8 Å². The number of amides is 1. The number of ether oxygens (including phenoxy) is 1. The molecular formula is C21H24N2O4S. The summed E-state index contributed by atoms with van der Waals surface area (Å²) in [6.07, 6.45) is 1.02. The van der Waals surface area contributed by atoms with Crippen molar-refractivity contribution in [3.05, 3.63) is 60.3 Å². The molecule has 0 saturated carbocycles. The first-order valence-electron chi connectivity index (χ1n) is 8.87. The highest BCUT2D eigenvalue weighted by atomic mass is 32.2. The fourth-order valence-corrected chi connectivity index (χ4v) is 4.47. The minimum atomic E-state index is -3.76. The van der Waals surface area contributed by atoms with Gasteiger partial charge in [-0.2, -0.15) is 0 Å². The Morgan fingerprint density at radius 2 is 1.68 bits per heavy atom. The lowest BCUT2D eigenvalue weighted by atomic mass is 10.1. The molecule has 0 aliphatic rings. The quantitative estimate of drug-likeness (QED) is 0.646. The van der Waals surface area contributed by atoms with Gasteiger partial charge in [-0.15, -0.1) is 0 Å². The molecule has 0 fully saturated rings. The van der Waals surface area contributed by atoms with Crippen LogP contribution in [0.25, 0.3) is 10.9 Å². The highest BCUT2D eigenvalue weighted by Gasteiger charge is 2.29. The van der Waals surface area contributed by atoms with Crippen LogP contribution in [0.1, 0.15) is 26.3 Å². The minimum Gasteiger partial charge on any atom is -0.452 e. The van der Waals surface area contributed by atoms with Gasteiger partial charge in [-0.05, 0) is 58.0 Å². The summed E-state index contributed by atoms with van der Waals surface area (Å²) in [5, 5.41) is 0.762. The number of aryl methyl sites for hydroxylation is 1. The van der Waals surface area contributed by atoms with Crippen molar-refractivity contribution in [2.24, 2.45) is 0 Å². The summed E-state index contributed by atoms with van der Waals surface area (Å²) in [6, 6.07) is 13.7. The molecule has 0 saturated heterocycles. The van der Waals surface area contributed by atoms with Gasteiger partial charge >= 0.3 is 6.09 Å². The number of rotatable bonds is 3. The van der Waals surface area contributed by atoms with Crippen LogP contribution in [0.4, 0.5) is 10.5 Å². The van der Waals surface area contributed by atoms with E-state index >= 15 is 0 Å². The van der Waals surface area contributed by atoms with E-state index < -0.39 is 21.7 Å². The predicted octanol–water partition coefficient (Wildman–Crippen LogP) is 4.56. The second kappa shape index (κ2) is 6.98. The Bertz CT molecular complexity index is 1120. The number of fused-ring (bicyclic) bond motifs is 1. The zero-order valence-corrected chi connectivity index (χ0v) is 17.4. The number of hydrogen-bond donors (Lipinski definition) is 0. The molecule has 0 unspecified atom stereocenters. The molecule has 0 radical (unpaired) electrons. The van der Waals surface area contributed by atoms with Crippen molar-refractivity contribution in [2.45, 2.75) is 38.1 Å². The Hall–Kier alpha value is -2.80. The number of nitrogens with zero attached hydrogens (tertiary/aromatic N) is 2. The first-order chi connectivity index (χ1) is 13.1. The monoisotopic (exact) mass is 400 g/mol. The molecule has 3 rings (SSSR count). The van der Waals surface area contributed by atoms with Gasteiger partial charge < -0.3 is 4.74 Å². The van der Waals surface area contributed by atoms with E-state index in [1.54, 1.807) is 48.5 Å². The van der Waals surface area contributed by atoms with E-state index in [0.717, 1.165) is 10.9 Å². The molecule has 0 N–H and O–H groups in total. The van der Waals surface area contributed by atoms with Gasteiger partial charge in [-0.25, -0.2) is 17.2 Å². The Kier molecular flexibility index (Phi) is 4.97. The zero-order chi connectivity index (χ0) is 20.7. The van der Waals surface area contributed by atoms with Crippen LogP contribution in [-0.4, -0.2) is 31.1 Å². The Balaban J connectivity index is 2.18. The minimum absolute atomic E-state index is 0.210. The Morgan fingerprint density at radius 3 is 2.25 bits per heavy atom. The number of carbonyl (C=O) groups excluding carboxylic acids is 1. The van der Waals surface area contributed by atoms with Crippen LogP contribution in [-0.2, 0) is 14.8 Å². The fourth-order valence-electron chi connectivity index (χ4n) is 3.12. The normalized spacial score (nSPS) is 12.2. The molecule has 0 aliphatic heterocycles. The van der Waals surface area contributed by atoms with E-state index in [4.69, 9.17) is 4.74 Å². The van der Waals surface area contributed by atoms with Gasteiger partial charge in [0.05, 0.1) is 17.5 Å². The molecule has 28 heavy (non-hydrogen) atoms. The molecule has 3 aromatic rings. The van der Waals surface area contributed by atoms with Crippen LogP contribution in [0.2, 0.25) is 0 Å². The van der Waals surface area contributed by atoms with Gasteiger partial charge in [0.1, 0.15) is 0 Å². The average Bonchev–Trinajstić information content (AvgIpc) is 3.05. The van der Waals surface area contributed by atoms with Crippen LogP contribution in [0, 0.1) is 6.92 Å². The van der Waals surface area contributed by atoms with Crippen molar-refractivity contribution in [3.63, 3.8) is 0 Å². The Labute approximate surface area is 165 Å². The van der Waals surface area contributed by atoms with E-state index in [1.165, 1.54) is 22.2 Å². The highest BCUT2D eigenvalue weighted by molar-refractivity contribution is 7.90. The number of hydrogen-bond acceptors (Lipinski definition) is 4. The lowest BCUT2D eigenvalue weighted by molar-refractivity contribution is 0.172. The number of methoxy groups -OCH3 is 1. The average molecular weight is 401 g/mol. The molecule has 0 aliphatic carbocycles.